The maximum absolute atomic E-state index is 12.1. The van der Waals surface area contributed by atoms with E-state index < -0.39 is 0 Å². The van der Waals surface area contributed by atoms with E-state index in [1.54, 1.807) is 6.07 Å². The first-order chi connectivity index (χ1) is 12.7. The van der Waals surface area contributed by atoms with Crippen molar-refractivity contribution in [3.63, 3.8) is 0 Å². The van der Waals surface area contributed by atoms with Crippen LogP contribution in [0, 0.1) is 5.92 Å². The first-order valence-electron chi connectivity index (χ1n) is 9.05. The Bertz CT molecular complexity index is 938. The molecule has 0 amide bonds. The van der Waals surface area contributed by atoms with Gasteiger partial charge in [0.05, 0.1) is 6.10 Å². The number of aryl methyl sites for hydroxylation is 1. The lowest BCUT2D eigenvalue weighted by molar-refractivity contribution is -0.0238. The van der Waals surface area contributed by atoms with E-state index in [1.165, 1.54) is 21.4 Å². The third kappa shape index (κ3) is 3.50. The number of benzene rings is 1. The van der Waals surface area contributed by atoms with Gasteiger partial charge in [-0.2, -0.15) is 4.52 Å². The summed E-state index contributed by atoms with van der Waals surface area (Å²) in [6.07, 6.45) is 3.01. The lowest BCUT2D eigenvalue weighted by atomic mass is 9.89. The van der Waals surface area contributed by atoms with Crippen LogP contribution in [-0.2, 0) is 11.2 Å². The average Bonchev–Trinajstić information content (AvgIpc) is 3.11. The zero-order chi connectivity index (χ0) is 17.9. The highest BCUT2D eigenvalue weighted by atomic mass is 32.1. The zero-order valence-electron chi connectivity index (χ0n) is 14.7. The summed E-state index contributed by atoms with van der Waals surface area (Å²) in [6, 6.07) is 11.9. The summed E-state index contributed by atoms with van der Waals surface area (Å²) in [6.45, 7) is 3.55. The van der Waals surface area contributed by atoms with Crippen LogP contribution < -0.4 is 10.9 Å². The highest BCUT2D eigenvalue weighted by molar-refractivity contribution is 7.20. The molecule has 1 aliphatic heterocycles. The topological polar surface area (TPSA) is 68.5 Å². The van der Waals surface area contributed by atoms with Gasteiger partial charge < -0.3 is 10.1 Å². The lowest BCUT2D eigenvalue weighted by Crippen LogP contribution is -2.28. The van der Waals surface area contributed by atoms with Gasteiger partial charge in [0.15, 0.2) is 0 Å². The minimum atomic E-state index is -0.126. The van der Waals surface area contributed by atoms with Crippen molar-refractivity contribution in [2.45, 2.75) is 32.3 Å². The number of aromatic nitrogens is 3. The van der Waals surface area contributed by atoms with Gasteiger partial charge in [0.25, 0.3) is 5.56 Å². The fourth-order valence-corrected chi connectivity index (χ4v) is 4.22. The molecule has 26 heavy (non-hydrogen) atoms. The number of ether oxygens (including phenoxy) is 1. The van der Waals surface area contributed by atoms with E-state index in [9.17, 15) is 4.79 Å². The standard InChI is InChI=1S/C19H22N4O2S/c1-2-15-11-16(24)23-19(21-15)26-18(22-23)20-12-14-9-6-10-25-17(14)13-7-4-3-5-8-13/h3-5,7-8,11,14,17H,2,6,9-10,12H2,1H3,(H,20,22). The molecule has 0 bridgehead atoms. The Labute approximate surface area is 155 Å². The van der Waals surface area contributed by atoms with E-state index in [2.05, 4.69) is 39.7 Å². The summed E-state index contributed by atoms with van der Waals surface area (Å²) < 4.78 is 7.42. The molecule has 3 aromatic rings. The molecule has 1 saturated heterocycles. The van der Waals surface area contributed by atoms with E-state index in [4.69, 9.17) is 4.74 Å². The predicted molar refractivity (Wildman–Crippen MR) is 103 cm³/mol. The molecule has 136 valence electrons. The SMILES string of the molecule is CCc1cc(=O)n2nc(NCC3CCCOC3c3ccccc3)sc2n1. The fourth-order valence-electron chi connectivity index (χ4n) is 3.39. The smallest absolute Gasteiger partial charge is 0.275 e. The predicted octanol–water partition coefficient (Wildman–Crippen LogP) is 3.29. The Morgan fingerprint density at radius 1 is 1.35 bits per heavy atom. The zero-order valence-corrected chi connectivity index (χ0v) is 15.5. The number of nitrogens with one attached hydrogen (secondary N) is 1. The molecule has 6 nitrogen and oxygen atoms in total. The molecule has 4 rings (SSSR count). The second kappa shape index (κ2) is 7.55. The summed E-state index contributed by atoms with van der Waals surface area (Å²) in [5.74, 6) is 0.369. The molecule has 3 heterocycles. The highest BCUT2D eigenvalue weighted by Crippen LogP contribution is 2.33. The molecule has 2 atom stereocenters. The molecule has 0 saturated carbocycles. The third-order valence-electron chi connectivity index (χ3n) is 4.75. The monoisotopic (exact) mass is 370 g/mol. The average molecular weight is 370 g/mol. The molecule has 1 N–H and O–H groups in total. The quantitative estimate of drug-likeness (QED) is 0.746. The van der Waals surface area contributed by atoms with Crippen molar-refractivity contribution >= 4 is 21.4 Å². The van der Waals surface area contributed by atoms with Crippen LogP contribution in [0.3, 0.4) is 0 Å². The van der Waals surface area contributed by atoms with Gasteiger partial charge in [0.1, 0.15) is 0 Å². The Balaban J connectivity index is 1.51. The number of rotatable bonds is 5. The first kappa shape index (κ1) is 17.2. The number of fused-ring (bicyclic) bond motifs is 1. The van der Waals surface area contributed by atoms with E-state index in [0.717, 1.165) is 43.2 Å². The number of hydrogen-bond donors (Lipinski definition) is 1. The number of anilines is 1. The summed E-state index contributed by atoms with van der Waals surface area (Å²) in [5, 5.41) is 8.50. The van der Waals surface area contributed by atoms with Gasteiger partial charge in [-0.15, -0.1) is 5.10 Å². The minimum Gasteiger partial charge on any atom is -0.373 e. The van der Waals surface area contributed by atoms with E-state index >= 15 is 0 Å². The summed E-state index contributed by atoms with van der Waals surface area (Å²) in [4.78, 5) is 17.3. The van der Waals surface area contributed by atoms with Crippen LogP contribution in [-0.4, -0.2) is 27.7 Å². The summed E-state index contributed by atoms with van der Waals surface area (Å²) in [5.41, 5.74) is 1.89. The minimum absolute atomic E-state index is 0.0966. The van der Waals surface area contributed by atoms with Crippen LogP contribution in [0.2, 0.25) is 0 Å². The Kier molecular flexibility index (Phi) is 4.99. The van der Waals surface area contributed by atoms with E-state index in [1.807, 2.05) is 13.0 Å². The van der Waals surface area contributed by atoms with Gasteiger partial charge in [0, 0.05) is 30.8 Å². The van der Waals surface area contributed by atoms with Crippen LogP contribution in [0.5, 0.6) is 0 Å². The molecule has 7 heteroatoms. The first-order valence-corrected chi connectivity index (χ1v) is 9.86. The molecule has 2 unspecified atom stereocenters. The maximum Gasteiger partial charge on any atom is 0.275 e. The number of hydrogen-bond acceptors (Lipinski definition) is 6. The largest absolute Gasteiger partial charge is 0.373 e. The van der Waals surface area contributed by atoms with Crippen molar-refractivity contribution in [2.75, 3.05) is 18.5 Å². The normalized spacial score (nSPS) is 20.3. The van der Waals surface area contributed by atoms with E-state index in [0.29, 0.717) is 10.9 Å². The van der Waals surface area contributed by atoms with Gasteiger partial charge in [0.2, 0.25) is 10.1 Å². The van der Waals surface area contributed by atoms with Crippen LogP contribution in [0.1, 0.15) is 37.1 Å². The van der Waals surface area contributed by atoms with Crippen molar-refractivity contribution in [2.24, 2.45) is 5.92 Å². The van der Waals surface area contributed by atoms with Crippen LogP contribution >= 0.6 is 11.3 Å². The van der Waals surface area contributed by atoms with Crippen molar-refractivity contribution in [3.8, 4) is 0 Å². The van der Waals surface area contributed by atoms with Crippen LogP contribution in [0.25, 0.3) is 4.96 Å². The van der Waals surface area contributed by atoms with Crippen molar-refractivity contribution in [3.05, 3.63) is 58.0 Å². The van der Waals surface area contributed by atoms with Crippen LogP contribution in [0.15, 0.2) is 41.2 Å². The highest BCUT2D eigenvalue weighted by Gasteiger charge is 2.27. The Hall–Kier alpha value is -2.25. The molecular weight excluding hydrogens is 348 g/mol. The van der Waals surface area contributed by atoms with Gasteiger partial charge in [-0.05, 0) is 24.8 Å². The summed E-state index contributed by atoms with van der Waals surface area (Å²) in [7, 11) is 0. The van der Waals surface area contributed by atoms with Crippen molar-refractivity contribution in [1.82, 2.24) is 14.6 Å². The lowest BCUT2D eigenvalue weighted by Gasteiger charge is -2.32. The second-order valence-electron chi connectivity index (χ2n) is 6.53. The Morgan fingerprint density at radius 3 is 3.00 bits per heavy atom. The molecule has 0 aliphatic carbocycles. The van der Waals surface area contributed by atoms with Gasteiger partial charge in [-0.1, -0.05) is 48.6 Å². The van der Waals surface area contributed by atoms with Crippen molar-refractivity contribution < 1.29 is 4.74 Å². The number of nitrogens with zero attached hydrogens (tertiary/aromatic N) is 3. The molecular formula is C19H22N4O2S. The Morgan fingerprint density at radius 2 is 2.19 bits per heavy atom. The molecule has 2 aromatic heterocycles. The molecule has 0 radical (unpaired) electrons. The van der Waals surface area contributed by atoms with Gasteiger partial charge in [-0.25, -0.2) is 4.98 Å². The molecule has 0 spiro atoms. The van der Waals surface area contributed by atoms with Crippen molar-refractivity contribution in [1.29, 1.82) is 0 Å². The van der Waals surface area contributed by atoms with Gasteiger partial charge in [-0.3, -0.25) is 4.79 Å². The summed E-state index contributed by atoms with van der Waals surface area (Å²) >= 11 is 1.42. The molecule has 1 aromatic carbocycles. The van der Waals surface area contributed by atoms with E-state index in [-0.39, 0.29) is 11.7 Å². The van der Waals surface area contributed by atoms with Crippen LogP contribution in [0.4, 0.5) is 5.13 Å². The second-order valence-corrected chi connectivity index (χ2v) is 7.48. The third-order valence-corrected chi connectivity index (χ3v) is 5.61. The fraction of sp³-hybridized carbons (Fsp3) is 0.421. The van der Waals surface area contributed by atoms with Gasteiger partial charge >= 0.3 is 0 Å². The maximum atomic E-state index is 12.1. The molecule has 1 fully saturated rings. The molecule has 1 aliphatic rings.